The number of amides is 1. The Kier molecular flexibility index (Phi) is 7.34. The van der Waals surface area contributed by atoms with Gasteiger partial charge in [0.1, 0.15) is 12.3 Å². The van der Waals surface area contributed by atoms with Crippen LogP contribution in [0.25, 0.3) is 0 Å². The number of aromatic nitrogens is 2. The molecule has 0 saturated heterocycles. The van der Waals surface area contributed by atoms with Gasteiger partial charge in [0.2, 0.25) is 0 Å². The van der Waals surface area contributed by atoms with Crippen LogP contribution in [0.15, 0.2) is 29.3 Å². The van der Waals surface area contributed by atoms with Gasteiger partial charge in [-0.15, -0.1) is 11.8 Å². The maximum atomic E-state index is 13.1. The minimum atomic E-state index is -5.00. The van der Waals surface area contributed by atoms with Gasteiger partial charge in [-0.1, -0.05) is 0 Å². The molecule has 0 aliphatic carbocycles. The number of alkyl halides is 6. The molecule has 2 aliphatic heterocycles. The minimum Gasteiger partial charge on any atom is -0.445 e. The van der Waals surface area contributed by atoms with E-state index in [-0.39, 0.29) is 37.1 Å². The predicted molar refractivity (Wildman–Crippen MR) is 118 cm³/mol. The molecule has 7 nitrogen and oxygen atoms in total. The van der Waals surface area contributed by atoms with E-state index >= 15 is 0 Å². The summed E-state index contributed by atoms with van der Waals surface area (Å²) in [6.45, 7) is 0.568. The van der Waals surface area contributed by atoms with Crippen LogP contribution >= 0.6 is 11.8 Å². The average Bonchev–Trinajstić information content (AvgIpc) is 3.41. The van der Waals surface area contributed by atoms with Gasteiger partial charge in [0.05, 0.1) is 34.8 Å². The molecule has 14 heteroatoms. The standard InChI is InChI=1S/C22H20F6N4O3S/c23-21(24,25)14-6-13(7-15(8-14)22(26,27)28)12-35-20(34)31-3-1-4-32-16(11-31)9-17(30-32)18(33)10-19-29-2-5-36-19/h6-9H,1-5,10-12H2. The Morgan fingerprint density at radius 1 is 1.00 bits per heavy atom. The number of ketones is 1. The van der Waals surface area contributed by atoms with E-state index in [4.69, 9.17) is 4.74 Å². The molecule has 4 rings (SSSR count). The number of ether oxygens (including phenoxy) is 1. The van der Waals surface area contributed by atoms with Crippen molar-refractivity contribution < 1.29 is 40.7 Å². The Hall–Kier alpha value is -3.03. The van der Waals surface area contributed by atoms with Crippen molar-refractivity contribution in [2.45, 2.75) is 44.9 Å². The lowest BCUT2D eigenvalue weighted by atomic mass is 10.1. The molecule has 0 atom stereocenters. The van der Waals surface area contributed by atoms with Gasteiger partial charge in [0, 0.05) is 25.4 Å². The van der Waals surface area contributed by atoms with E-state index in [0.29, 0.717) is 37.3 Å². The fraction of sp³-hybridized carbons (Fsp3) is 0.455. The van der Waals surface area contributed by atoms with E-state index < -0.39 is 41.7 Å². The maximum Gasteiger partial charge on any atom is 0.416 e. The van der Waals surface area contributed by atoms with Gasteiger partial charge in [0.25, 0.3) is 0 Å². The van der Waals surface area contributed by atoms with Crippen molar-refractivity contribution >= 4 is 28.7 Å². The number of aryl methyl sites for hydroxylation is 1. The molecule has 2 aromatic rings. The van der Waals surface area contributed by atoms with Crippen LogP contribution in [-0.2, 0) is 36.8 Å². The number of rotatable bonds is 5. The number of hydrogen-bond donors (Lipinski definition) is 0. The lowest BCUT2D eigenvalue weighted by Gasteiger charge is -2.20. The molecule has 1 aromatic carbocycles. The van der Waals surface area contributed by atoms with Crippen molar-refractivity contribution in [2.75, 3.05) is 18.8 Å². The monoisotopic (exact) mass is 534 g/mol. The van der Waals surface area contributed by atoms with Gasteiger partial charge < -0.3 is 9.64 Å². The molecule has 3 heterocycles. The van der Waals surface area contributed by atoms with Crippen LogP contribution in [0.4, 0.5) is 31.1 Å². The molecule has 0 saturated carbocycles. The fourth-order valence-electron chi connectivity index (χ4n) is 3.81. The highest BCUT2D eigenvalue weighted by Crippen LogP contribution is 2.36. The van der Waals surface area contributed by atoms with Crippen LogP contribution in [0.1, 0.15) is 45.7 Å². The SMILES string of the molecule is O=C(CC1=NCCS1)c1cc2n(n1)CCCN(C(=O)OCc1cc(C(F)(F)F)cc(C(F)(F)F)c1)C2. The number of Topliss-reactive ketones (excluding diaryl/α,β-unsaturated/α-hetero) is 1. The summed E-state index contributed by atoms with van der Waals surface area (Å²) in [6, 6.07) is 2.62. The van der Waals surface area contributed by atoms with Crippen LogP contribution in [0.3, 0.4) is 0 Å². The van der Waals surface area contributed by atoms with Crippen LogP contribution in [0, 0.1) is 0 Å². The molecular weight excluding hydrogens is 514 g/mol. The minimum absolute atomic E-state index is 0.0121. The highest BCUT2D eigenvalue weighted by molar-refractivity contribution is 8.14. The lowest BCUT2D eigenvalue weighted by Crippen LogP contribution is -2.31. The highest BCUT2D eigenvalue weighted by atomic mass is 32.2. The predicted octanol–water partition coefficient (Wildman–Crippen LogP) is 5.18. The van der Waals surface area contributed by atoms with Crippen LogP contribution in [-0.4, -0.2) is 50.4 Å². The van der Waals surface area contributed by atoms with E-state index in [9.17, 15) is 35.9 Å². The zero-order chi connectivity index (χ0) is 26.1. The molecule has 36 heavy (non-hydrogen) atoms. The van der Waals surface area contributed by atoms with Gasteiger partial charge >= 0.3 is 18.4 Å². The third kappa shape index (κ3) is 6.20. The first-order valence-electron chi connectivity index (χ1n) is 10.9. The molecule has 0 bridgehead atoms. The molecule has 194 valence electrons. The highest BCUT2D eigenvalue weighted by Gasteiger charge is 2.37. The summed E-state index contributed by atoms with van der Waals surface area (Å²) in [5.74, 6) is 0.625. The fourth-order valence-corrected chi connectivity index (χ4v) is 4.64. The Balaban J connectivity index is 1.43. The van der Waals surface area contributed by atoms with Crippen molar-refractivity contribution in [1.82, 2.24) is 14.7 Å². The smallest absolute Gasteiger partial charge is 0.416 e. The van der Waals surface area contributed by atoms with E-state index in [1.807, 2.05) is 0 Å². The number of benzene rings is 1. The number of carbonyl (C=O) groups is 2. The summed E-state index contributed by atoms with van der Waals surface area (Å²) in [6.07, 6.45) is -10.3. The van der Waals surface area contributed by atoms with Crippen molar-refractivity contribution in [2.24, 2.45) is 4.99 Å². The summed E-state index contributed by atoms with van der Waals surface area (Å²) in [4.78, 5) is 30.7. The molecule has 0 spiro atoms. The molecule has 1 amide bonds. The number of nitrogens with zero attached hydrogens (tertiary/aromatic N) is 4. The van der Waals surface area contributed by atoms with Crippen LogP contribution in [0.2, 0.25) is 0 Å². The van der Waals surface area contributed by atoms with Gasteiger partial charge in [0.15, 0.2) is 5.78 Å². The van der Waals surface area contributed by atoms with E-state index in [2.05, 4.69) is 10.1 Å². The molecule has 0 N–H and O–H groups in total. The molecule has 0 radical (unpaired) electrons. The lowest BCUT2D eigenvalue weighted by molar-refractivity contribution is -0.143. The van der Waals surface area contributed by atoms with Gasteiger partial charge in [-0.2, -0.15) is 31.4 Å². The second-order valence-electron chi connectivity index (χ2n) is 8.21. The molecule has 0 unspecified atom stereocenters. The summed E-state index contributed by atoms with van der Waals surface area (Å²) in [5.41, 5.74) is -2.61. The zero-order valence-corrected chi connectivity index (χ0v) is 19.5. The van der Waals surface area contributed by atoms with Crippen molar-refractivity contribution in [3.8, 4) is 0 Å². The third-order valence-corrected chi connectivity index (χ3v) is 6.52. The second kappa shape index (κ2) is 10.1. The number of thioether (sulfide) groups is 1. The Morgan fingerprint density at radius 3 is 2.31 bits per heavy atom. The molecule has 1 aromatic heterocycles. The van der Waals surface area contributed by atoms with E-state index in [0.717, 1.165) is 10.8 Å². The average molecular weight is 534 g/mol. The molecular formula is C22H20F6N4O3S. The number of halogens is 6. The van der Waals surface area contributed by atoms with Gasteiger partial charge in [-0.3, -0.25) is 14.5 Å². The summed E-state index contributed by atoms with van der Waals surface area (Å²) in [7, 11) is 0. The topological polar surface area (TPSA) is 76.8 Å². The molecule has 2 aliphatic rings. The van der Waals surface area contributed by atoms with Crippen molar-refractivity contribution in [3.63, 3.8) is 0 Å². The Morgan fingerprint density at radius 2 is 1.69 bits per heavy atom. The largest absolute Gasteiger partial charge is 0.445 e. The quantitative estimate of drug-likeness (QED) is 0.390. The third-order valence-electron chi connectivity index (χ3n) is 5.53. The second-order valence-corrected chi connectivity index (χ2v) is 9.38. The Labute approximate surface area is 205 Å². The zero-order valence-electron chi connectivity index (χ0n) is 18.7. The molecule has 0 fully saturated rings. The number of carbonyl (C=O) groups excluding carboxylic acids is 2. The first-order chi connectivity index (χ1) is 16.9. The van der Waals surface area contributed by atoms with Crippen molar-refractivity contribution in [1.29, 1.82) is 0 Å². The first-order valence-corrected chi connectivity index (χ1v) is 11.8. The van der Waals surface area contributed by atoms with E-state index in [1.54, 1.807) is 10.7 Å². The summed E-state index contributed by atoms with van der Waals surface area (Å²) < 4.78 is 85.0. The first kappa shape index (κ1) is 26.0. The number of hydrogen-bond acceptors (Lipinski definition) is 6. The van der Waals surface area contributed by atoms with Crippen LogP contribution in [0.5, 0.6) is 0 Å². The summed E-state index contributed by atoms with van der Waals surface area (Å²) >= 11 is 1.52. The number of aliphatic imine (C=N–C) groups is 1. The van der Waals surface area contributed by atoms with Crippen molar-refractivity contribution in [3.05, 3.63) is 52.3 Å². The maximum absolute atomic E-state index is 13.1. The summed E-state index contributed by atoms with van der Waals surface area (Å²) in [5, 5.41) is 5.06. The van der Waals surface area contributed by atoms with E-state index in [1.165, 1.54) is 16.7 Å². The Bertz CT molecular complexity index is 1160. The van der Waals surface area contributed by atoms with Gasteiger partial charge in [-0.25, -0.2) is 4.79 Å². The van der Waals surface area contributed by atoms with Gasteiger partial charge in [-0.05, 0) is 36.2 Å². The normalized spacial score (nSPS) is 16.4. The number of fused-ring (bicyclic) bond motifs is 1. The van der Waals surface area contributed by atoms with Crippen LogP contribution < -0.4 is 0 Å².